The van der Waals surface area contributed by atoms with Gasteiger partial charge in [0.1, 0.15) is 0 Å². The second kappa shape index (κ2) is 4.59. The Hall–Kier alpha value is -1.19. The quantitative estimate of drug-likeness (QED) is 0.854. The summed E-state index contributed by atoms with van der Waals surface area (Å²) in [6.07, 6.45) is 2.58. The molecule has 1 aliphatic rings. The highest BCUT2D eigenvalue weighted by atomic mass is 15.4. The molecule has 0 aromatic carbocycles. The highest BCUT2D eigenvalue weighted by Gasteiger charge is 2.33. The first-order chi connectivity index (χ1) is 8.04. The van der Waals surface area contributed by atoms with Crippen molar-refractivity contribution in [3.05, 3.63) is 5.69 Å². The summed E-state index contributed by atoms with van der Waals surface area (Å²) in [5.74, 6) is 1.79. The summed E-state index contributed by atoms with van der Waals surface area (Å²) in [6, 6.07) is 0.682. The fourth-order valence-corrected chi connectivity index (χ4v) is 2.29. The second-order valence-electron chi connectivity index (χ2n) is 5.42. The van der Waals surface area contributed by atoms with Gasteiger partial charge in [-0.3, -0.25) is 0 Å². The first-order valence-electron chi connectivity index (χ1n) is 6.64. The Balaban J connectivity index is 2.34. The normalized spacial score (nSPS) is 15.6. The van der Waals surface area contributed by atoms with Gasteiger partial charge in [-0.2, -0.15) is 5.10 Å². The van der Waals surface area contributed by atoms with Crippen LogP contribution in [-0.2, 0) is 6.54 Å². The van der Waals surface area contributed by atoms with Crippen molar-refractivity contribution in [2.45, 2.75) is 53.1 Å². The first-order valence-corrected chi connectivity index (χ1v) is 6.64. The Morgan fingerprint density at radius 2 is 2.12 bits per heavy atom. The Morgan fingerprint density at radius 3 is 2.59 bits per heavy atom. The first kappa shape index (κ1) is 12.3. The molecule has 1 aromatic rings. The van der Waals surface area contributed by atoms with E-state index in [1.165, 1.54) is 12.8 Å². The predicted molar refractivity (Wildman–Crippen MR) is 72.3 cm³/mol. The van der Waals surface area contributed by atoms with Gasteiger partial charge >= 0.3 is 0 Å². The average Bonchev–Trinajstić information content (AvgIpc) is 3.05. The van der Waals surface area contributed by atoms with E-state index in [4.69, 9.17) is 5.73 Å². The topological polar surface area (TPSA) is 47.1 Å². The van der Waals surface area contributed by atoms with Gasteiger partial charge in [-0.1, -0.05) is 13.8 Å². The number of aryl methyl sites for hydroxylation is 2. The van der Waals surface area contributed by atoms with Gasteiger partial charge < -0.3 is 10.6 Å². The number of rotatable bonds is 5. The third kappa shape index (κ3) is 2.40. The van der Waals surface area contributed by atoms with Crippen molar-refractivity contribution < 1.29 is 0 Å². The molecular weight excluding hydrogens is 212 g/mol. The molecule has 1 fully saturated rings. The van der Waals surface area contributed by atoms with E-state index >= 15 is 0 Å². The maximum atomic E-state index is 6.20. The highest BCUT2D eigenvalue weighted by Crippen LogP contribution is 2.36. The lowest BCUT2D eigenvalue weighted by atomic mass is 10.2. The molecule has 0 amide bonds. The summed E-state index contributed by atoms with van der Waals surface area (Å²) in [6.45, 7) is 10.6. The maximum Gasteiger partial charge on any atom is 0.150 e. The van der Waals surface area contributed by atoms with E-state index < -0.39 is 0 Å². The molecule has 17 heavy (non-hydrogen) atoms. The molecule has 0 saturated heterocycles. The number of nitrogens with two attached hydrogens (primary N) is 1. The van der Waals surface area contributed by atoms with E-state index in [2.05, 4.69) is 30.8 Å². The Bertz CT molecular complexity index is 390. The van der Waals surface area contributed by atoms with Gasteiger partial charge in [-0.25, -0.2) is 4.68 Å². The molecule has 1 aliphatic carbocycles. The minimum atomic E-state index is 0.649. The SMILES string of the molecule is CCn1nc(C)c(N)c1N(CC(C)C)C1CC1. The van der Waals surface area contributed by atoms with Gasteiger partial charge in [0, 0.05) is 19.1 Å². The van der Waals surface area contributed by atoms with E-state index in [0.29, 0.717) is 12.0 Å². The smallest absolute Gasteiger partial charge is 0.150 e. The summed E-state index contributed by atoms with van der Waals surface area (Å²) < 4.78 is 2.05. The van der Waals surface area contributed by atoms with Gasteiger partial charge in [0.25, 0.3) is 0 Å². The number of nitrogen functional groups attached to an aromatic ring is 1. The van der Waals surface area contributed by atoms with Crippen molar-refractivity contribution >= 4 is 11.5 Å². The number of hydrogen-bond acceptors (Lipinski definition) is 3. The van der Waals surface area contributed by atoms with Gasteiger partial charge in [-0.15, -0.1) is 0 Å². The van der Waals surface area contributed by atoms with Crippen LogP contribution in [0.2, 0.25) is 0 Å². The Labute approximate surface area is 104 Å². The van der Waals surface area contributed by atoms with E-state index in [1.807, 2.05) is 11.6 Å². The Kier molecular flexibility index (Phi) is 3.31. The van der Waals surface area contributed by atoms with Crippen LogP contribution in [0, 0.1) is 12.8 Å². The van der Waals surface area contributed by atoms with Crippen LogP contribution in [0.25, 0.3) is 0 Å². The van der Waals surface area contributed by atoms with Crippen LogP contribution in [0.15, 0.2) is 0 Å². The minimum Gasteiger partial charge on any atom is -0.394 e. The third-order valence-electron chi connectivity index (χ3n) is 3.27. The van der Waals surface area contributed by atoms with Gasteiger partial charge in [0.2, 0.25) is 0 Å². The molecule has 1 aromatic heterocycles. The summed E-state index contributed by atoms with van der Waals surface area (Å²) >= 11 is 0. The van der Waals surface area contributed by atoms with Gasteiger partial charge in [0.15, 0.2) is 5.82 Å². The van der Waals surface area contributed by atoms with Crippen LogP contribution in [0.5, 0.6) is 0 Å². The molecule has 2 rings (SSSR count). The number of aromatic nitrogens is 2. The molecule has 0 spiro atoms. The molecule has 0 bridgehead atoms. The zero-order chi connectivity index (χ0) is 12.6. The molecule has 96 valence electrons. The van der Waals surface area contributed by atoms with Crippen molar-refractivity contribution in [2.24, 2.45) is 5.92 Å². The van der Waals surface area contributed by atoms with E-state index in [-0.39, 0.29) is 0 Å². The average molecular weight is 236 g/mol. The lowest BCUT2D eigenvalue weighted by Gasteiger charge is -2.27. The molecule has 4 heteroatoms. The van der Waals surface area contributed by atoms with Crippen LogP contribution in [0.1, 0.15) is 39.3 Å². The molecular formula is C13H24N4. The summed E-state index contributed by atoms with van der Waals surface area (Å²) in [5.41, 5.74) is 8.01. The number of hydrogen-bond donors (Lipinski definition) is 1. The molecule has 1 saturated carbocycles. The number of nitrogens with zero attached hydrogens (tertiary/aromatic N) is 3. The molecule has 4 nitrogen and oxygen atoms in total. The van der Waals surface area contributed by atoms with Crippen LogP contribution < -0.4 is 10.6 Å². The number of anilines is 2. The fraction of sp³-hybridized carbons (Fsp3) is 0.769. The maximum absolute atomic E-state index is 6.20. The minimum absolute atomic E-state index is 0.649. The van der Waals surface area contributed by atoms with Crippen molar-refractivity contribution in [3.63, 3.8) is 0 Å². The van der Waals surface area contributed by atoms with Gasteiger partial charge in [-0.05, 0) is 32.6 Å². The molecule has 0 radical (unpaired) electrons. The molecule has 2 N–H and O–H groups in total. The summed E-state index contributed by atoms with van der Waals surface area (Å²) in [4.78, 5) is 2.46. The molecule has 1 heterocycles. The van der Waals surface area contributed by atoms with E-state index in [9.17, 15) is 0 Å². The highest BCUT2D eigenvalue weighted by molar-refractivity contribution is 5.67. The zero-order valence-electron chi connectivity index (χ0n) is 11.4. The third-order valence-corrected chi connectivity index (χ3v) is 3.27. The Morgan fingerprint density at radius 1 is 1.47 bits per heavy atom. The van der Waals surface area contributed by atoms with E-state index in [1.54, 1.807) is 0 Å². The van der Waals surface area contributed by atoms with Crippen molar-refractivity contribution in [2.75, 3.05) is 17.2 Å². The van der Waals surface area contributed by atoms with Crippen molar-refractivity contribution in [1.82, 2.24) is 9.78 Å². The zero-order valence-corrected chi connectivity index (χ0v) is 11.4. The largest absolute Gasteiger partial charge is 0.394 e. The fourth-order valence-electron chi connectivity index (χ4n) is 2.29. The van der Waals surface area contributed by atoms with Crippen molar-refractivity contribution in [1.29, 1.82) is 0 Å². The lowest BCUT2D eigenvalue weighted by molar-refractivity contribution is 0.572. The van der Waals surface area contributed by atoms with Crippen LogP contribution in [0.4, 0.5) is 11.5 Å². The van der Waals surface area contributed by atoms with Crippen LogP contribution in [0.3, 0.4) is 0 Å². The van der Waals surface area contributed by atoms with E-state index in [0.717, 1.165) is 30.3 Å². The van der Waals surface area contributed by atoms with Crippen molar-refractivity contribution in [3.8, 4) is 0 Å². The molecule has 0 atom stereocenters. The standard InChI is InChI=1S/C13H24N4/c1-5-17-13(12(14)10(4)15-17)16(8-9(2)3)11-6-7-11/h9,11H,5-8,14H2,1-4H3. The molecule has 0 aliphatic heterocycles. The van der Waals surface area contributed by atoms with Crippen LogP contribution in [-0.4, -0.2) is 22.4 Å². The van der Waals surface area contributed by atoms with Crippen LogP contribution >= 0.6 is 0 Å². The molecule has 0 unspecified atom stereocenters. The van der Waals surface area contributed by atoms with Gasteiger partial charge in [0.05, 0.1) is 11.4 Å². The summed E-state index contributed by atoms with van der Waals surface area (Å²) in [5, 5.41) is 4.52. The lowest BCUT2D eigenvalue weighted by Crippen LogP contribution is -2.32. The summed E-state index contributed by atoms with van der Waals surface area (Å²) in [7, 11) is 0. The predicted octanol–water partition coefficient (Wildman–Crippen LogP) is 2.42. The monoisotopic (exact) mass is 236 g/mol. The second-order valence-corrected chi connectivity index (χ2v) is 5.42.